The van der Waals surface area contributed by atoms with Crippen molar-refractivity contribution in [2.45, 2.75) is 31.8 Å². The first-order valence-corrected chi connectivity index (χ1v) is 14.7. The van der Waals surface area contributed by atoms with Gasteiger partial charge in [-0.3, -0.25) is 19.2 Å². The van der Waals surface area contributed by atoms with Gasteiger partial charge in [-0.15, -0.1) is 10.2 Å². The number of aromatic nitrogens is 3. The molecule has 2 N–H and O–H groups in total. The normalized spacial score (nSPS) is 17.1. The minimum Gasteiger partial charge on any atom is -0.379 e. The highest BCUT2D eigenvalue weighted by Crippen LogP contribution is 2.25. The zero-order valence-electron chi connectivity index (χ0n) is 23.5. The van der Waals surface area contributed by atoms with Gasteiger partial charge in [0.2, 0.25) is 5.91 Å². The molecule has 9 heteroatoms. The molecule has 1 amide bonds. The summed E-state index contributed by atoms with van der Waals surface area (Å²) < 4.78 is 7.45. The first-order valence-electron chi connectivity index (χ1n) is 14.7. The van der Waals surface area contributed by atoms with Crippen LogP contribution in [0.3, 0.4) is 0 Å². The van der Waals surface area contributed by atoms with Crippen molar-refractivity contribution in [3.8, 4) is 5.82 Å². The number of rotatable bonds is 10. The average Bonchev–Trinajstić information content (AvgIpc) is 3.37. The first-order chi connectivity index (χ1) is 20.2. The van der Waals surface area contributed by atoms with Gasteiger partial charge in [0.15, 0.2) is 5.82 Å². The predicted molar refractivity (Wildman–Crippen MR) is 161 cm³/mol. The second-order valence-corrected chi connectivity index (χ2v) is 11.0. The molecule has 2 aliphatic rings. The maximum absolute atomic E-state index is 13.1. The van der Waals surface area contributed by atoms with Crippen LogP contribution in [0, 0.1) is 0 Å². The first kappa shape index (κ1) is 27.4. The number of anilines is 1. The number of hydrogen-bond donors (Lipinski definition) is 2. The van der Waals surface area contributed by atoms with Gasteiger partial charge < -0.3 is 15.4 Å². The Hall–Kier alpha value is -3.79. The van der Waals surface area contributed by atoms with Gasteiger partial charge in [0.25, 0.3) is 0 Å². The number of para-hydroxylation sites is 1. The summed E-state index contributed by atoms with van der Waals surface area (Å²) in [6.45, 7) is 8.28. The molecule has 2 saturated heterocycles. The van der Waals surface area contributed by atoms with Crippen molar-refractivity contribution in [1.82, 2.24) is 29.9 Å². The molecule has 0 spiro atoms. The Kier molecular flexibility index (Phi) is 8.85. The van der Waals surface area contributed by atoms with Gasteiger partial charge in [-0.25, -0.2) is 0 Å². The fourth-order valence-corrected chi connectivity index (χ4v) is 5.82. The van der Waals surface area contributed by atoms with E-state index in [4.69, 9.17) is 4.74 Å². The molecule has 0 bridgehead atoms. The molecule has 4 aromatic rings. The third-order valence-corrected chi connectivity index (χ3v) is 8.08. The molecular formula is C32H39N7O2. The molecule has 0 radical (unpaired) electrons. The number of morpholine rings is 1. The number of piperidine rings is 1. The Morgan fingerprint density at radius 1 is 0.878 bits per heavy atom. The molecule has 0 unspecified atom stereocenters. The van der Waals surface area contributed by atoms with Gasteiger partial charge in [-0.2, -0.15) is 0 Å². The zero-order chi connectivity index (χ0) is 27.9. The molecule has 41 heavy (non-hydrogen) atoms. The molecule has 214 valence electrons. The number of nitrogens with zero attached hydrogens (tertiary/aromatic N) is 5. The Morgan fingerprint density at radius 3 is 2.44 bits per heavy atom. The summed E-state index contributed by atoms with van der Waals surface area (Å²) in [5.41, 5.74) is 3.35. The lowest BCUT2D eigenvalue weighted by Crippen LogP contribution is -2.44. The second-order valence-electron chi connectivity index (χ2n) is 11.0. The average molecular weight is 554 g/mol. The van der Waals surface area contributed by atoms with E-state index in [0.29, 0.717) is 6.42 Å². The maximum Gasteiger partial charge on any atom is 0.224 e. The summed E-state index contributed by atoms with van der Waals surface area (Å²) in [7, 11) is 0. The van der Waals surface area contributed by atoms with Crippen molar-refractivity contribution in [3.05, 3.63) is 84.1 Å². The minimum absolute atomic E-state index is 0.0697. The van der Waals surface area contributed by atoms with Crippen LogP contribution in [0.2, 0.25) is 0 Å². The summed E-state index contributed by atoms with van der Waals surface area (Å²) in [5, 5.41) is 16.6. The minimum atomic E-state index is 0.0697. The lowest BCUT2D eigenvalue weighted by atomic mass is 10.0. The topological polar surface area (TPSA) is 87.5 Å². The third kappa shape index (κ3) is 7.11. The maximum atomic E-state index is 13.1. The van der Waals surface area contributed by atoms with E-state index < -0.39 is 0 Å². The fraction of sp³-hybridized carbons (Fsp3) is 0.406. The molecule has 9 nitrogen and oxygen atoms in total. The molecule has 4 heterocycles. The standard InChI is InChI=1S/C32H39N7O2/c40-32(34-27-12-15-38(16-13-27)23-25-6-2-1-3-7-25)22-26-24-39(29-9-5-4-8-28(26)29)31-11-10-30(35-36-31)33-14-17-37-18-20-41-21-19-37/h1-11,24,27H,12-23H2,(H,33,35)(H,34,40). The van der Waals surface area contributed by atoms with Gasteiger partial charge in [-0.1, -0.05) is 48.5 Å². The summed E-state index contributed by atoms with van der Waals surface area (Å²) in [6.07, 6.45) is 4.32. The number of nitrogens with one attached hydrogen (secondary N) is 2. The van der Waals surface area contributed by atoms with Crippen molar-refractivity contribution < 1.29 is 9.53 Å². The largest absolute Gasteiger partial charge is 0.379 e. The van der Waals surface area contributed by atoms with Crippen molar-refractivity contribution in [3.63, 3.8) is 0 Å². The van der Waals surface area contributed by atoms with E-state index in [1.807, 2.05) is 35.0 Å². The van der Waals surface area contributed by atoms with E-state index in [2.05, 4.69) is 73.1 Å². The number of ether oxygens (including phenoxy) is 1. The Bertz CT molecular complexity index is 1410. The van der Waals surface area contributed by atoms with E-state index in [1.165, 1.54) is 5.56 Å². The van der Waals surface area contributed by atoms with E-state index >= 15 is 0 Å². The van der Waals surface area contributed by atoms with Gasteiger partial charge in [-0.05, 0) is 42.2 Å². The van der Waals surface area contributed by atoms with Crippen LogP contribution in [-0.4, -0.2) is 89.0 Å². The van der Waals surface area contributed by atoms with Crippen LogP contribution < -0.4 is 10.6 Å². The Morgan fingerprint density at radius 2 is 1.66 bits per heavy atom. The molecule has 0 aliphatic carbocycles. The fourth-order valence-electron chi connectivity index (χ4n) is 5.82. The number of hydrogen-bond acceptors (Lipinski definition) is 7. The van der Waals surface area contributed by atoms with Gasteiger partial charge in [0.05, 0.1) is 25.2 Å². The van der Waals surface area contributed by atoms with Crippen LogP contribution in [-0.2, 0) is 22.5 Å². The number of amides is 1. The highest BCUT2D eigenvalue weighted by Gasteiger charge is 2.22. The highest BCUT2D eigenvalue weighted by molar-refractivity contribution is 5.90. The SMILES string of the molecule is O=C(Cc1cn(-c2ccc(NCCN3CCOCC3)nn2)c2ccccc12)NC1CCN(Cc2ccccc2)CC1. The van der Waals surface area contributed by atoms with Crippen LogP contribution in [0.4, 0.5) is 5.82 Å². The van der Waals surface area contributed by atoms with E-state index in [0.717, 1.165) is 100.0 Å². The van der Waals surface area contributed by atoms with Crippen LogP contribution in [0.25, 0.3) is 16.7 Å². The highest BCUT2D eigenvalue weighted by atomic mass is 16.5. The predicted octanol–water partition coefficient (Wildman–Crippen LogP) is 3.49. The van der Waals surface area contributed by atoms with E-state index in [9.17, 15) is 4.79 Å². The molecule has 2 aliphatic heterocycles. The second kappa shape index (κ2) is 13.2. The van der Waals surface area contributed by atoms with E-state index in [1.54, 1.807) is 0 Å². The number of fused-ring (bicyclic) bond motifs is 1. The summed E-state index contributed by atoms with van der Waals surface area (Å²) in [4.78, 5) is 18.0. The van der Waals surface area contributed by atoms with Crippen LogP contribution in [0.1, 0.15) is 24.0 Å². The van der Waals surface area contributed by atoms with Crippen molar-refractivity contribution >= 4 is 22.6 Å². The lowest BCUT2D eigenvalue weighted by Gasteiger charge is -2.32. The van der Waals surface area contributed by atoms with Gasteiger partial charge in [0, 0.05) is 63.4 Å². The number of benzene rings is 2. The Balaban J connectivity index is 1.04. The number of carbonyl (C=O) groups is 1. The van der Waals surface area contributed by atoms with Gasteiger partial charge in [0.1, 0.15) is 5.82 Å². The summed E-state index contributed by atoms with van der Waals surface area (Å²) in [5.74, 6) is 1.56. The zero-order valence-corrected chi connectivity index (χ0v) is 23.5. The number of carbonyl (C=O) groups excluding carboxylic acids is 1. The van der Waals surface area contributed by atoms with Gasteiger partial charge >= 0.3 is 0 Å². The smallest absolute Gasteiger partial charge is 0.224 e. The van der Waals surface area contributed by atoms with Crippen molar-refractivity contribution in [2.24, 2.45) is 0 Å². The molecular weight excluding hydrogens is 514 g/mol. The molecule has 6 rings (SSSR count). The van der Waals surface area contributed by atoms with Crippen molar-refractivity contribution in [1.29, 1.82) is 0 Å². The molecule has 0 atom stereocenters. The molecule has 2 aromatic carbocycles. The van der Waals surface area contributed by atoms with Crippen LogP contribution >= 0.6 is 0 Å². The molecule has 2 aromatic heterocycles. The quantitative estimate of drug-likeness (QED) is 0.311. The summed E-state index contributed by atoms with van der Waals surface area (Å²) in [6, 6.07) is 22.9. The van der Waals surface area contributed by atoms with E-state index in [-0.39, 0.29) is 11.9 Å². The molecule has 2 fully saturated rings. The summed E-state index contributed by atoms with van der Waals surface area (Å²) >= 11 is 0. The monoisotopic (exact) mass is 553 g/mol. The van der Waals surface area contributed by atoms with Crippen LogP contribution in [0.5, 0.6) is 0 Å². The molecule has 0 saturated carbocycles. The lowest BCUT2D eigenvalue weighted by molar-refractivity contribution is -0.121. The van der Waals surface area contributed by atoms with Crippen molar-refractivity contribution in [2.75, 3.05) is 57.8 Å². The third-order valence-electron chi connectivity index (χ3n) is 8.08. The van der Waals surface area contributed by atoms with Crippen LogP contribution in [0.15, 0.2) is 72.9 Å². The Labute approximate surface area is 241 Å². The number of likely N-dealkylation sites (tertiary alicyclic amines) is 1.